The minimum atomic E-state index is -3.47. The average Bonchev–Trinajstić information content (AvgIpc) is 3.10. The largest absolute Gasteiger partial charge is 0.356 e. The minimum Gasteiger partial charge on any atom is -0.356 e. The van der Waals surface area contributed by atoms with E-state index in [1.165, 1.54) is 9.87 Å². The summed E-state index contributed by atoms with van der Waals surface area (Å²) in [4.78, 5) is 12.0. The fourth-order valence-electron chi connectivity index (χ4n) is 3.18. The molecule has 2 aromatic carbocycles. The zero-order chi connectivity index (χ0) is 18.4. The van der Waals surface area contributed by atoms with Crippen LogP contribution in [0.4, 0.5) is 5.69 Å². The Morgan fingerprint density at radius 1 is 1.04 bits per heavy atom. The van der Waals surface area contributed by atoms with Gasteiger partial charge in [-0.2, -0.15) is 0 Å². The van der Waals surface area contributed by atoms with Crippen LogP contribution >= 0.6 is 0 Å². The van der Waals surface area contributed by atoms with E-state index in [9.17, 15) is 13.2 Å². The number of carbonyl (C=O) groups is 1. The van der Waals surface area contributed by atoms with Gasteiger partial charge in [-0.25, -0.2) is 8.42 Å². The van der Waals surface area contributed by atoms with E-state index in [1.807, 2.05) is 42.5 Å². The molecule has 0 bridgehead atoms. The van der Waals surface area contributed by atoms with Crippen LogP contribution in [0.5, 0.6) is 0 Å². The molecule has 1 aliphatic heterocycles. The van der Waals surface area contributed by atoms with Crippen molar-refractivity contribution < 1.29 is 13.2 Å². The Hall–Kier alpha value is -2.34. The zero-order valence-electron chi connectivity index (χ0n) is 14.7. The van der Waals surface area contributed by atoms with E-state index >= 15 is 0 Å². The first-order valence-electron chi connectivity index (χ1n) is 8.95. The fraction of sp³-hybridized carbons (Fsp3) is 0.350. The van der Waals surface area contributed by atoms with Gasteiger partial charge >= 0.3 is 0 Å². The lowest BCUT2D eigenvalue weighted by Crippen LogP contribution is -2.34. The molecule has 1 N–H and O–H groups in total. The Morgan fingerprint density at radius 2 is 1.77 bits per heavy atom. The van der Waals surface area contributed by atoms with E-state index in [4.69, 9.17) is 0 Å². The van der Waals surface area contributed by atoms with Crippen molar-refractivity contribution in [3.8, 4) is 0 Å². The van der Waals surface area contributed by atoms with Gasteiger partial charge in [0.2, 0.25) is 15.9 Å². The first-order valence-corrected chi connectivity index (χ1v) is 10.6. The highest BCUT2D eigenvalue weighted by molar-refractivity contribution is 7.92. The van der Waals surface area contributed by atoms with Crippen LogP contribution in [-0.2, 0) is 27.7 Å². The first kappa shape index (κ1) is 18.5. The summed E-state index contributed by atoms with van der Waals surface area (Å²) in [5.41, 5.74) is 3.02. The van der Waals surface area contributed by atoms with Gasteiger partial charge in [-0.1, -0.05) is 48.5 Å². The fourth-order valence-corrected chi connectivity index (χ4v) is 4.69. The van der Waals surface area contributed by atoms with E-state index < -0.39 is 10.0 Å². The number of sulfonamides is 1. The molecule has 1 aliphatic rings. The molecule has 0 spiro atoms. The van der Waals surface area contributed by atoms with Crippen molar-refractivity contribution in [2.45, 2.75) is 25.7 Å². The highest BCUT2D eigenvalue weighted by Gasteiger charge is 2.29. The highest BCUT2D eigenvalue weighted by Crippen LogP contribution is 2.30. The molecular weight excluding hydrogens is 348 g/mol. The molecule has 0 aliphatic carbocycles. The lowest BCUT2D eigenvalue weighted by molar-refractivity contribution is -0.120. The number of amides is 1. The number of para-hydroxylation sites is 1. The van der Waals surface area contributed by atoms with Gasteiger partial charge in [-0.05, 0) is 36.5 Å². The van der Waals surface area contributed by atoms with Crippen molar-refractivity contribution in [2.75, 3.05) is 23.1 Å². The van der Waals surface area contributed by atoms with E-state index in [0.717, 1.165) is 30.5 Å². The number of hydrogen-bond donors (Lipinski definition) is 1. The Morgan fingerprint density at radius 3 is 2.58 bits per heavy atom. The number of nitrogens with one attached hydrogen (secondary N) is 1. The molecule has 26 heavy (non-hydrogen) atoms. The predicted octanol–water partition coefficient (Wildman–Crippen LogP) is 2.52. The summed E-state index contributed by atoms with van der Waals surface area (Å²) >= 11 is 0. The highest BCUT2D eigenvalue weighted by atomic mass is 32.2. The predicted molar refractivity (Wildman–Crippen MR) is 104 cm³/mol. The van der Waals surface area contributed by atoms with Crippen LogP contribution in [0.2, 0.25) is 0 Å². The number of hydrogen-bond acceptors (Lipinski definition) is 3. The minimum absolute atomic E-state index is 0.00760. The van der Waals surface area contributed by atoms with Crippen molar-refractivity contribution in [3.63, 3.8) is 0 Å². The number of benzene rings is 2. The standard InChI is InChI=1S/C20H24N2O3S/c23-20(21-14-6-9-17-7-2-1-3-8-17)13-16-26(24,25)22-15-12-18-10-4-5-11-19(18)22/h1-5,7-8,10-11H,6,9,12-16H2,(H,21,23). The SMILES string of the molecule is O=C(CCS(=O)(=O)N1CCc2ccccc21)NCCCc1ccccc1. The number of anilines is 1. The molecule has 3 rings (SSSR count). The van der Waals surface area contributed by atoms with Crippen LogP contribution in [0.3, 0.4) is 0 Å². The van der Waals surface area contributed by atoms with Gasteiger partial charge in [0.15, 0.2) is 0 Å². The summed E-state index contributed by atoms with van der Waals surface area (Å²) in [5.74, 6) is -0.375. The van der Waals surface area contributed by atoms with Crippen molar-refractivity contribution in [1.29, 1.82) is 0 Å². The summed E-state index contributed by atoms with van der Waals surface area (Å²) in [7, 11) is -3.47. The number of nitrogens with zero attached hydrogens (tertiary/aromatic N) is 1. The molecule has 138 valence electrons. The Balaban J connectivity index is 1.42. The second kappa shape index (κ2) is 8.36. The monoisotopic (exact) mass is 372 g/mol. The molecule has 0 unspecified atom stereocenters. The summed E-state index contributed by atoms with van der Waals surface area (Å²) in [6.45, 7) is 1.01. The molecule has 0 radical (unpaired) electrons. The third kappa shape index (κ3) is 4.64. The van der Waals surface area contributed by atoms with Crippen LogP contribution in [0.25, 0.3) is 0 Å². The molecule has 0 aromatic heterocycles. The van der Waals surface area contributed by atoms with Gasteiger partial charge in [-0.3, -0.25) is 9.10 Å². The van der Waals surface area contributed by atoms with Gasteiger partial charge in [-0.15, -0.1) is 0 Å². The van der Waals surface area contributed by atoms with Gasteiger partial charge in [0, 0.05) is 19.5 Å². The molecule has 2 aromatic rings. The molecule has 1 heterocycles. The van der Waals surface area contributed by atoms with Crippen molar-refractivity contribution >= 4 is 21.6 Å². The summed E-state index contributed by atoms with van der Waals surface area (Å²) in [5, 5.41) is 2.81. The zero-order valence-corrected chi connectivity index (χ0v) is 15.5. The maximum absolute atomic E-state index is 12.6. The molecule has 0 saturated carbocycles. The third-order valence-corrected chi connectivity index (χ3v) is 6.35. The second-order valence-corrected chi connectivity index (χ2v) is 8.47. The van der Waals surface area contributed by atoms with E-state index in [1.54, 1.807) is 0 Å². The number of rotatable bonds is 8. The van der Waals surface area contributed by atoms with E-state index in [0.29, 0.717) is 13.1 Å². The van der Waals surface area contributed by atoms with Gasteiger partial charge < -0.3 is 5.32 Å². The Kier molecular flexibility index (Phi) is 5.93. The lowest BCUT2D eigenvalue weighted by atomic mass is 10.1. The molecule has 0 saturated heterocycles. The van der Waals surface area contributed by atoms with Crippen LogP contribution in [-0.4, -0.2) is 33.2 Å². The maximum Gasteiger partial charge on any atom is 0.235 e. The van der Waals surface area contributed by atoms with Crippen LogP contribution in [0, 0.1) is 0 Å². The van der Waals surface area contributed by atoms with E-state index in [-0.39, 0.29) is 18.1 Å². The molecule has 0 atom stereocenters. The number of fused-ring (bicyclic) bond motifs is 1. The molecule has 0 fully saturated rings. The van der Waals surface area contributed by atoms with Crippen molar-refractivity contribution in [2.24, 2.45) is 0 Å². The molecule has 5 nitrogen and oxygen atoms in total. The van der Waals surface area contributed by atoms with E-state index in [2.05, 4.69) is 17.4 Å². The summed E-state index contributed by atoms with van der Waals surface area (Å²) in [6, 6.07) is 17.6. The third-order valence-electron chi connectivity index (χ3n) is 4.57. The molecule has 6 heteroatoms. The average molecular weight is 372 g/mol. The smallest absolute Gasteiger partial charge is 0.235 e. The van der Waals surface area contributed by atoms with Gasteiger partial charge in [0.1, 0.15) is 0 Å². The van der Waals surface area contributed by atoms with Gasteiger partial charge in [0.05, 0.1) is 11.4 Å². The maximum atomic E-state index is 12.6. The van der Waals surface area contributed by atoms with Crippen LogP contribution < -0.4 is 9.62 Å². The van der Waals surface area contributed by atoms with Crippen molar-refractivity contribution in [1.82, 2.24) is 5.32 Å². The summed E-state index contributed by atoms with van der Waals surface area (Å²) < 4.78 is 26.6. The Labute approximate surface area is 155 Å². The first-order chi connectivity index (χ1) is 12.6. The van der Waals surface area contributed by atoms with Gasteiger partial charge in [0.25, 0.3) is 0 Å². The number of carbonyl (C=O) groups excluding carboxylic acids is 1. The normalized spacial score (nSPS) is 13.5. The lowest BCUT2D eigenvalue weighted by Gasteiger charge is -2.19. The number of aryl methyl sites for hydroxylation is 1. The quantitative estimate of drug-likeness (QED) is 0.724. The topological polar surface area (TPSA) is 66.5 Å². The second-order valence-electron chi connectivity index (χ2n) is 6.46. The van der Waals surface area contributed by atoms with Crippen LogP contribution in [0.15, 0.2) is 54.6 Å². The molecule has 1 amide bonds. The van der Waals surface area contributed by atoms with Crippen molar-refractivity contribution in [3.05, 3.63) is 65.7 Å². The Bertz CT molecular complexity index is 850. The van der Waals surface area contributed by atoms with Crippen LogP contribution in [0.1, 0.15) is 24.0 Å². The summed E-state index contributed by atoms with van der Waals surface area (Å²) in [6.07, 6.45) is 2.44. The molecular formula is C20H24N2O3S.